The van der Waals surface area contributed by atoms with Gasteiger partial charge in [-0.2, -0.15) is 5.10 Å². The van der Waals surface area contributed by atoms with E-state index in [2.05, 4.69) is 31.6 Å². The third-order valence-corrected chi connectivity index (χ3v) is 4.20. The first-order chi connectivity index (χ1) is 9.75. The van der Waals surface area contributed by atoms with Crippen molar-refractivity contribution in [1.82, 2.24) is 24.6 Å². The maximum Gasteiger partial charge on any atom is 0.195 e. The van der Waals surface area contributed by atoms with E-state index in [1.54, 1.807) is 6.20 Å². The summed E-state index contributed by atoms with van der Waals surface area (Å²) in [7, 11) is 0. The average molecular weight is 289 g/mol. The van der Waals surface area contributed by atoms with Crippen LogP contribution in [0.3, 0.4) is 0 Å². The molecule has 1 N–H and O–H groups in total. The van der Waals surface area contributed by atoms with Gasteiger partial charge in [-0.1, -0.05) is 0 Å². The summed E-state index contributed by atoms with van der Waals surface area (Å²) in [6, 6.07) is 4.40. The molecule has 0 aliphatic carbocycles. The molecule has 1 atom stereocenters. The number of rotatable bonds is 4. The summed E-state index contributed by atoms with van der Waals surface area (Å²) in [6.07, 6.45) is 6.19. The second-order valence-electron chi connectivity index (χ2n) is 5.30. The fourth-order valence-electron chi connectivity index (χ4n) is 2.76. The monoisotopic (exact) mass is 289 g/mol. The zero-order valence-corrected chi connectivity index (χ0v) is 12.4. The lowest BCUT2D eigenvalue weighted by Gasteiger charge is -2.24. The number of nitrogens with one attached hydrogen (secondary N) is 1. The van der Waals surface area contributed by atoms with Crippen molar-refractivity contribution < 1.29 is 0 Å². The third kappa shape index (κ3) is 2.66. The fraction of sp³-hybridized carbons (Fsp3) is 0.500. The molecule has 1 fully saturated rings. The summed E-state index contributed by atoms with van der Waals surface area (Å²) < 4.78 is 2.75. The van der Waals surface area contributed by atoms with Crippen molar-refractivity contribution in [2.45, 2.75) is 32.4 Å². The van der Waals surface area contributed by atoms with Gasteiger partial charge >= 0.3 is 0 Å². The van der Waals surface area contributed by atoms with Gasteiger partial charge in [-0.15, -0.1) is 0 Å². The SMILES string of the molecule is CC(Cn1c(-c2cccnc2)n[nH]c1=S)N1CCCC1. The van der Waals surface area contributed by atoms with Crippen LogP contribution in [0.1, 0.15) is 19.8 Å². The van der Waals surface area contributed by atoms with Crippen LogP contribution in [0.15, 0.2) is 24.5 Å². The van der Waals surface area contributed by atoms with E-state index in [1.165, 1.54) is 25.9 Å². The zero-order chi connectivity index (χ0) is 13.9. The number of aromatic amines is 1. The van der Waals surface area contributed by atoms with E-state index in [0.29, 0.717) is 10.8 Å². The minimum absolute atomic E-state index is 0.470. The highest BCUT2D eigenvalue weighted by molar-refractivity contribution is 7.71. The Hall–Kier alpha value is -1.53. The van der Waals surface area contributed by atoms with Gasteiger partial charge in [-0.25, -0.2) is 0 Å². The van der Waals surface area contributed by atoms with Gasteiger partial charge in [0.15, 0.2) is 10.6 Å². The Kier molecular flexibility index (Phi) is 3.93. The van der Waals surface area contributed by atoms with Crippen molar-refractivity contribution in [3.8, 4) is 11.4 Å². The number of hydrogen-bond donors (Lipinski definition) is 1. The molecule has 5 nitrogen and oxygen atoms in total. The second kappa shape index (κ2) is 5.85. The van der Waals surface area contributed by atoms with Gasteiger partial charge in [-0.3, -0.25) is 19.5 Å². The minimum Gasteiger partial charge on any atom is -0.299 e. The molecule has 3 rings (SSSR count). The predicted octanol–water partition coefficient (Wildman–Crippen LogP) is 2.49. The molecular formula is C14H19N5S. The summed E-state index contributed by atoms with van der Waals surface area (Å²) in [5.41, 5.74) is 0.994. The van der Waals surface area contributed by atoms with Crippen LogP contribution in [0.5, 0.6) is 0 Å². The topological polar surface area (TPSA) is 49.7 Å². The molecule has 1 saturated heterocycles. The van der Waals surface area contributed by atoms with Crippen molar-refractivity contribution in [1.29, 1.82) is 0 Å². The van der Waals surface area contributed by atoms with Crippen LogP contribution in [0, 0.1) is 4.77 Å². The van der Waals surface area contributed by atoms with Crippen LogP contribution in [-0.4, -0.2) is 43.8 Å². The van der Waals surface area contributed by atoms with Crippen LogP contribution in [0.25, 0.3) is 11.4 Å². The maximum atomic E-state index is 5.37. The summed E-state index contributed by atoms with van der Waals surface area (Å²) in [5, 5.41) is 7.25. The first-order valence-corrected chi connectivity index (χ1v) is 7.46. The van der Waals surface area contributed by atoms with Gasteiger partial charge in [0.05, 0.1) is 0 Å². The molecule has 6 heteroatoms. The molecule has 2 aromatic rings. The van der Waals surface area contributed by atoms with E-state index in [9.17, 15) is 0 Å². The molecule has 2 aromatic heterocycles. The number of nitrogens with zero attached hydrogens (tertiary/aromatic N) is 4. The van der Waals surface area contributed by atoms with Crippen LogP contribution in [0.2, 0.25) is 0 Å². The van der Waals surface area contributed by atoms with Crippen LogP contribution in [0.4, 0.5) is 0 Å². The van der Waals surface area contributed by atoms with Crippen molar-refractivity contribution in [2.75, 3.05) is 13.1 Å². The van der Waals surface area contributed by atoms with Gasteiger partial charge in [0.1, 0.15) is 0 Å². The van der Waals surface area contributed by atoms with Gasteiger partial charge in [0.25, 0.3) is 0 Å². The minimum atomic E-state index is 0.470. The average Bonchev–Trinajstić information content (AvgIpc) is 3.11. The van der Waals surface area contributed by atoms with E-state index in [-0.39, 0.29) is 0 Å². The van der Waals surface area contributed by atoms with Gasteiger partial charge in [0.2, 0.25) is 0 Å². The van der Waals surface area contributed by atoms with E-state index < -0.39 is 0 Å². The Morgan fingerprint density at radius 2 is 2.20 bits per heavy atom. The molecule has 20 heavy (non-hydrogen) atoms. The zero-order valence-electron chi connectivity index (χ0n) is 11.6. The predicted molar refractivity (Wildman–Crippen MR) is 80.9 cm³/mol. The van der Waals surface area contributed by atoms with E-state index >= 15 is 0 Å². The molecule has 0 aromatic carbocycles. The van der Waals surface area contributed by atoms with Crippen LogP contribution >= 0.6 is 12.2 Å². The quantitative estimate of drug-likeness (QED) is 0.879. The first kappa shape index (κ1) is 13.5. The molecular weight excluding hydrogens is 270 g/mol. The van der Waals surface area contributed by atoms with Crippen molar-refractivity contribution in [3.63, 3.8) is 0 Å². The maximum absolute atomic E-state index is 5.37. The Balaban J connectivity index is 1.86. The lowest BCUT2D eigenvalue weighted by Crippen LogP contribution is -2.33. The Morgan fingerprint density at radius 1 is 1.40 bits per heavy atom. The molecule has 1 unspecified atom stereocenters. The molecule has 0 saturated carbocycles. The fourth-order valence-corrected chi connectivity index (χ4v) is 2.97. The van der Waals surface area contributed by atoms with E-state index in [0.717, 1.165) is 17.9 Å². The summed E-state index contributed by atoms with van der Waals surface area (Å²) >= 11 is 5.37. The second-order valence-corrected chi connectivity index (χ2v) is 5.68. The Bertz CT molecular complexity index is 612. The number of aromatic nitrogens is 4. The molecule has 1 aliphatic rings. The number of pyridine rings is 1. The van der Waals surface area contributed by atoms with E-state index in [4.69, 9.17) is 12.2 Å². The molecule has 0 bridgehead atoms. The number of hydrogen-bond acceptors (Lipinski definition) is 4. The smallest absolute Gasteiger partial charge is 0.195 e. The molecule has 3 heterocycles. The lowest BCUT2D eigenvalue weighted by atomic mass is 10.2. The summed E-state index contributed by atoms with van der Waals surface area (Å²) in [4.78, 5) is 6.67. The van der Waals surface area contributed by atoms with Gasteiger partial charge < -0.3 is 0 Å². The summed E-state index contributed by atoms with van der Waals surface area (Å²) in [6.45, 7) is 5.50. The van der Waals surface area contributed by atoms with Crippen LogP contribution in [-0.2, 0) is 6.54 Å². The molecule has 0 radical (unpaired) electrons. The van der Waals surface area contributed by atoms with Crippen molar-refractivity contribution in [2.24, 2.45) is 0 Å². The Labute approximate surface area is 123 Å². The van der Waals surface area contributed by atoms with Crippen molar-refractivity contribution >= 4 is 12.2 Å². The third-order valence-electron chi connectivity index (χ3n) is 3.89. The molecule has 1 aliphatic heterocycles. The number of likely N-dealkylation sites (tertiary alicyclic amines) is 1. The van der Waals surface area contributed by atoms with Crippen molar-refractivity contribution in [3.05, 3.63) is 29.3 Å². The number of H-pyrrole nitrogens is 1. The highest BCUT2D eigenvalue weighted by Crippen LogP contribution is 2.18. The largest absolute Gasteiger partial charge is 0.299 e. The lowest BCUT2D eigenvalue weighted by molar-refractivity contribution is 0.235. The van der Waals surface area contributed by atoms with E-state index in [1.807, 2.05) is 18.3 Å². The molecule has 0 amide bonds. The highest BCUT2D eigenvalue weighted by Gasteiger charge is 2.20. The van der Waals surface area contributed by atoms with Crippen LogP contribution < -0.4 is 0 Å². The molecule has 106 valence electrons. The molecule has 0 spiro atoms. The summed E-state index contributed by atoms with van der Waals surface area (Å²) in [5.74, 6) is 0.870. The van der Waals surface area contributed by atoms with Gasteiger partial charge in [0, 0.05) is 30.5 Å². The first-order valence-electron chi connectivity index (χ1n) is 7.05. The Morgan fingerprint density at radius 3 is 2.90 bits per heavy atom. The standard InChI is InChI=1S/C14H19N5S/c1-11(18-7-2-3-8-18)10-19-13(16-17-14(19)20)12-5-4-6-15-9-12/h4-6,9,11H,2-3,7-8,10H2,1H3,(H,17,20). The highest BCUT2D eigenvalue weighted by atomic mass is 32.1. The van der Waals surface area contributed by atoms with Gasteiger partial charge in [-0.05, 0) is 57.2 Å². The normalized spacial score (nSPS) is 17.4.